The zero-order chi connectivity index (χ0) is 15.1. The molecule has 0 amide bonds. The summed E-state index contributed by atoms with van der Waals surface area (Å²) in [4.78, 5) is 4.04. The molecular weight excluding hydrogens is 266 g/mol. The Balaban J connectivity index is 1.84. The lowest BCUT2D eigenvalue weighted by Crippen LogP contribution is -2.25. The average Bonchev–Trinajstić information content (AvgIpc) is 3.02. The standard InChI is InChI=1S/C16H23N3O2/c1-13(18-8-7-16(20)11-21-2)14-3-5-15(6-4-14)19-10-9-17-12-19/h3-6,9-10,12-13,16,18,20H,7-8,11H2,1-2H3. The first kappa shape index (κ1) is 15.7. The van der Waals surface area contributed by atoms with E-state index in [9.17, 15) is 5.11 Å². The third-order valence-electron chi connectivity index (χ3n) is 3.48. The maximum Gasteiger partial charge on any atom is 0.0991 e. The molecule has 1 aromatic heterocycles. The van der Waals surface area contributed by atoms with E-state index >= 15 is 0 Å². The molecule has 0 bridgehead atoms. The summed E-state index contributed by atoms with van der Waals surface area (Å²) in [6, 6.07) is 8.62. The quantitative estimate of drug-likeness (QED) is 0.779. The molecule has 2 unspecified atom stereocenters. The fourth-order valence-electron chi connectivity index (χ4n) is 2.21. The maximum absolute atomic E-state index is 9.60. The van der Waals surface area contributed by atoms with Crippen molar-refractivity contribution in [3.63, 3.8) is 0 Å². The second kappa shape index (κ2) is 7.93. The van der Waals surface area contributed by atoms with Gasteiger partial charge in [0.2, 0.25) is 0 Å². The van der Waals surface area contributed by atoms with Gasteiger partial charge in [0, 0.05) is 31.2 Å². The molecule has 0 saturated heterocycles. The van der Waals surface area contributed by atoms with Crippen molar-refractivity contribution in [2.45, 2.75) is 25.5 Å². The summed E-state index contributed by atoms with van der Waals surface area (Å²) in [7, 11) is 1.60. The molecule has 2 rings (SSSR count). The van der Waals surface area contributed by atoms with Gasteiger partial charge in [-0.2, -0.15) is 0 Å². The molecule has 0 saturated carbocycles. The highest BCUT2D eigenvalue weighted by Crippen LogP contribution is 2.15. The van der Waals surface area contributed by atoms with E-state index in [0.717, 1.165) is 12.2 Å². The topological polar surface area (TPSA) is 59.3 Å². The van der Waals surface area contributed by atoms with Crippen LogP contribution in [0.25, 0.3) is 5.69 Å². The summed E-state index contributed by atoms with van der Waals surface area (Å²) in [5.74, 6) is 0. The van der Waals surface area contributed by atoms with E-state index in [1.807, 2.05) is 10.8 Å². The van der Waals surface area contributed by atoms with Gasteiger partial charge in [-0.25, -0.2) is 4.98 Å². The van der Waals surface area contributed by atoms with Crippen LogP contribution in [0.3, 0.4) is 0 Å². The van der Waals surface area contributed by atoms with Gasteiger partial charge < -0.3 is 19.7 Å². The Morgan fingerprint density at radius 1 is 1.33 bits per heavy atom. The molecule has 5 nitrogen and oxygen atoms in total. The lowest BCUT2D eigenvalue weighted by Gasteiger charge is -2.16. The van der Waals surface area contributed by atoms with E-state index in [-0.39, 0.29) is 6.04 Å². The number of aromatic nitrogens is 2. The summed E-state index contributed by atoms with van der Waals surface area (Å²) < 4.78 is 6.88. The number of benzene rings is 1. The van der Waals surface area contributed by atoms with E-state index in [2.05, 4.69) is 41.5 Å². The fourth-order valence-corrected chi connectivity index (χ4v) is 2.21. The van der Waals surface area contributed by atoms with Crippen molar-refractivity contribution in [3.8, 4) is 5.69 Å². The van der Waals surface area contributed by atoms with Crippen molar-refractivity contribution in [1.82, 2.24) is 14.9 Å². The van der Waals surface area contributed by atoms with Crippen LogP contribution in [0, 0.1) is 0 Å². The van der Waals surface area contributed by atoms with E-state index in [0.29, 0.717) is 13.0 Å². The van der Waals surface area contributed by atoms with Crippen LogP contribution in [0.1, 0.15) is 24.9 Å². The Kier molecular flexibility index (Phi) is 5.92. The van der Waals surface area contributed by atoms with E-state index < -0.39 is 6.10 Å². The van der Waals surface area contributed by atoms with Gasteiger partial charge in [0.1, 0.15) is 0 Å². The first-order chi connectivity index (χ1) is 10.2. The SMILES string of the molecule is COCC(O)CCNC(C)c1ccc(-n2ccnc2)cc1. The summed E-state index contributed by atoms with van der Waals surface area (Å²) in [6.07, 6.45) is 5.76. The minimum atomic E-state index is -0.404. The van der Waals surface area contributed by atoms with Gasteiger partial charge in [0.05, 0.1) is 19.0 Å². The van der Waals surface area contributed by atoms with E-state index in [1.54, 1.807) is 19.6 Å². The number of ether oxygens (including phenoxy) is 1. The van der Waals surface area contributed by atoms with Crippen molar-refractivity contribution in [3.05, 3.63) is 48.5 Å². The van der Waals surface area contributed by atoms with Gasteiger partial charge in [0.15, 0.2) is 0 Å². The molecule has 2 aromatic rings. The number of aliphatic hydroxyl groups excluding tert-OH is 1. The van der Waals surface area contributed by atoms with Crippen molar-refractivity contribution < 1.29 is 9.84 Å². The number of imidazole rings is 1. The Morgan fingerprint density at radius 2 is 2.10 bits per heavy atom. The van der Waals surface area contributed by atoms with Crippen LogP contribution in [-0.4, -0.2) is 41.0 Å². The fraction of sp³-hybridized carbons (Fsp3) is 0.438. The van der Waals surface area contributed by atoms with Crippen molar-refractivity contribution >= 4 is 0 Å². The zero-order valence-corrected chi connectivity index (χ0v) is 12.6. The first-order valence-electron chi connectivity index (χ1n) is 7.19. The average molecular weight is 289 g/mol. The number of hydrogen-bond acceptors (Lipinski definition) is 4. The Bertz CT molecular complexity index is 511. The van der Waals surface area contributed by atoms with Crippen LogP contribution < -0.4 is 5.32 Å². The molecule has 21 heavy (non-hydrogen) atoms. The lowest BCUT2D eigenvalue weighted by molar-refractivity contribution is 0.0590. The van der Waals surface area contributed by atoms with Crippen molar-refractivity contribution in [2.24, 2.45) is 0 Å². The summed E-state index contributed by atoms with van der Waals surface area (Å²) in [5.41, 5.74) is 2.32. The summed E-state index contributed by atoms with van der Waals surface area (Å²) >= 11 is 0. The summed E-state index contributed by atoms with van der Waals surface area (Å²) in [6.45, 7) is 3.26. The third kappa shape index (κ3) is 4.67. The molecule has 0 fully saturated rings. The van der Waals surface area contributed by atoms with Gasteiger partial charge >= 0.3 is 0 Å². The van der Waals surface area contributed by atoms with Crippen LogP contribution in [0.15, 0.2) is 43.0 Å². The molecule has 0 aliphatic heterocycles. The van der Waals surface area contributed by atoms with E-state index in [4.69, 9.17) is 4.74 Å². The largest absolute Gasteiger partial charge is 0.391 e. The zero-order valence-electron chi connectivity index (χ0n) is 12.6. The van der Waals surface area contributed by atoms with Crippen LogP contribution in [0.4, 0.5) is 0 Å². The molecule has 2 N–H and O–H groups in total. The minimum Gasteiger partial charge on any atom is -0.391 e. The third-order valence-corrected chi connectivity index (χ3v) is 3.48. The van der Waals surface area contributed by atoms with Crippen LogP contribution >= 0.6 is 0 Å². The normalized spacial score (nSPS) is 14.0. The molecule has 1 heterocycles. The number of nitrogens with one attached hydrogen (secondary N) is 1. The molecule has 0 aliphatic carbocycles. The predicted molar refractivity (Wildman–Crippen MR) is 82.5 cm³/mol. The van der Waals surface area contributed by atoms with Gasteiger partial charge in [-0.15, -0.1) is 0 Å². The smallest absolute Gasteiger partial charge is 0.0991 e. The molecule has 114 valence electrons. The van der Waals surface area contributed by atoms with Gasteiger partial charge in [-0.1, -0.05) is 12.1 Å². The number of aliphatic hydroxyl groups is 1. The lowest BCUT2D eigenvalue weighted by atomic mass is 10.1. The Morgan fingerprint density at radius 3 is 2.71 bits per heavy atom. The van der Waals surface area contributed by atoms with E-state index in [1.165, 1.54) is 5.56 Å². The maximum atomic E-state index is 9.60. The second-order valence-electron chi connectivity index (χ2n) is 5.14. The highest BCUT2D eigenvalue weighted by molar-refractivity contribution is 5.35. The highest BCUT2D eigenvalue weighted by atomic mass is 16.5. The molecule has 5 heteroatoms. The molecule has 1 aromatic carbocycles. The molecule has 0 spiro atoms. The predicted octanol–water partition coefficient (Wildman–Crippen LogP) is 1.92. The highest BCUT2D eigenvalue weighted by Gasteiger charge is 2.07. The Hall–Kier alpha value is -1.69. The van der Waals surface area contributed by atoms with Crippen LogP contribution in [0.5, 0.6) is 0 Å². The second-order valence-corrected chi connectivity index (χ2v) is 5.14. The molecular formula is C16H23N3O2. The summed E-state index contributed by atoms with van der Waals surface area (Å²) in [5, 5.41) is 13.0. The van der Waals surface area contributed by atoms with Gasteiger partial charge in [-0.05, 0) is 37.6 Å². The Labute approximate surface area is 125 Å². The molecule has 0 radical (unpaired) electrons. The van der Waals surface area contributed by atoms with Crippen molar-refractivity contribution in [2.75, 3.05) is 20.3 Å². The first-order valence-corrected chi connectivity index (χ1v) is 7.19. The van der Waals surface area contributed by atoms with Gasteiger partial charge in [-0.3, -0.25) is 0 Å². The van der Waals surface area contributed by atoms with Crippen LogP contribution in [0.2, 0.25) is 0 Å². The van der Waals surface area contributed by atoms with Crippen LogP contribution in [-0.2, 0) is 4.74 Å². The van der Waals surface area contributed by atoms with Gasteiger partial charge in [0.25, 0.3) is 0 Å². The number of hydrogen-bond donors (Lipinski definition) is 2. The van der Waals surface area contributed by atoms with Crippen molar-refractivity contribution in [1.29, 1.82) is 0 Å². The monoisotopic (exact) mass is 289 g/mol. The number of nitrogens with zero attached hydrogens (tertiary/aromatic N) is 2. The molecule has 2 atom stereocenters. The number of rotatable bonds is 8. The molecule has 0 aliphatic rings. The number of methoxy groups -OCH3 is 1. The minimum absolute atomic E-state index is 0.247.